The van der Waals surface area contributed by atoms with Crippen LogP contribution in [0.1, 0.15) is 33.4 Å². The lowest BCUT2D eigenvalue weighted by Crippen LogP contribution is -2.28. The number of halogens is 6. The highest BCUT2D eigenvalue weighted by molar-refractivity contribution is 5.90. The van der Waals surface area contributed by atoms with Gasteiger partial charge in [-0.3, -0.25) is 0 Å². The monoisotopic (exact) mass is 638 g/mol. The number of benzene rings is 6. The molecular weight excluding hydrogens is 614 g/mol. The molecule has 0 aliphatic heterocycles. The second-order valence-corrected chi connectivity index (χ2v) is 11.5. The number of phenolic OH excluding ortho intramolecular Hbond substituents is 2. The van der Waals surface area contributed by atoms with E-state index in [1.807, 2.05) is 36.4 Å². The van der Waals surface area contributed by atoms with Crippen molar-refractivity contribution >= 4 is 0 Å². The van der Waals surface area contributed by atoms with Crippen molar-refractivity contribution in [3.63, 3.8) is 0 Å². The molecule has 0 heterocycles. The van der Waals surface area contributed by atoms with E-state index < -0.39 is 28.9 Å². The van der Waals surface area contributed by atoms with E-state index in [-0.39, 0.29) is 11.5 Å². The van der Waals surface area contributed by atoms with Crippen LogP contribution in [0.3, 0.4) is 0 Å². The van der Waals surface area contributed by atoms with Gasteiger partial charge >= 0.3 is 12.4 Å². The van der Waals surface area contributed by atoms with Gasteiger partial charge in [-0.25, -0.2) is 0 Å². The predicted octanol–water partition coefficient (Wildman–Crippen LogP) is 10.8. The van der Waals surface area contributed by atoms with Gasteiger partial charge in [0, 0.05) is 0 Å². The maximum atomic E-state index is 13.3. The summed E-state index contributed by atoms with van der Waals surface area (Å²) < 4.78 is 80.0. The predicted molar refractivity (Wildman–Crippen MR) is 168 cm³/mol. The van der Waals surface area contributed by atoms with Gasteiger partial charge in [0.15, 0.2) is 0 Å². The summed E-state index contributed by atoms with van der Waals surface area (Å²) in [6.07, 6.45) is -8.95. The molecule has 234 valence electrons. The third-order valence-corrected chi connectivity index (χ3v) is 8.83. The topological polar surface area (TPSA) is 40.5 Å². The number of phenols is 2. The second-order valence-electron chi connectivity index (χ2n) is 11.5. The molecule has 0 atom stereocenters. The third-order valence-electron chi connectivity index (χ3n) is 8.83. The van der Waals surface area contributed by atoms with Gasteiger partial charge in [0.25, 0.3) is 0 Å². The van der Waals surface area contributed by atoms with Gasteiger partial charge < -0.3 is 10.2 Å². The van der Waals surface area contributed by atoms with E-state index >= 15 is 0 Å². The maximum Gasteiger partial charge on any atom is 0.416 e. The van der Waals surface area contributed by atoms with Crippen molar-refractivity contribution in [2.24, 2.45) is 0 Å². The first-order valence-corrected chi connectivity index (χ1v) is 14.6. The normalized spacial score (nSPS) is 13.7. The third kappa shape index (κ3) is 5.10. The first kappa shape index (κ1) is 30.2. The van der Waals surface area contributed by atoms with Crippen molar-refractivity contribution in [2.75, 3.05) is 0 Å². The molecule has 0 fully saturated rings. The molecule has 0 radical (unpaired) electrons. The van der Waals surface area contributed by atoms with Crippen LogP contribution < -0.4 is 0 Å². The van der Waals surface area contributed by atoms with E-state index in [0.717, 1.165) is 57.6 Å². The molecule has 6 aromatic carbocycles. The molecule has 2 nitrogen and oxygen atoms in total. The van der Waals surface area contributed by atoms with Crippen molar-refractivity contribution < 1.29 is 36.6 Å². The Bertz CT molecular complexity index is 1940. The van der Waals surface area contributed by atoms with Crippen LogP contribution in [-0.4, -0.2) is 10.2 Å². The molecule has 0 spiro atoms. The molecule has 2 N–H and O–H groups in total. The minimum Gasteiger partial charge on any atom is -0.508 e. The lowest BCUT2D eigenvalue weighted by molar-refractivity contribution is -0.138. The molecule has 8 heteroatoms. The van der Waals surface area contributed by atoms with Gasteiger partial charge in [-0.05, 0) is 116 Å². The molecule has 0 bridgehead atoms. The fourth-order valence-electron chi connectivity index (χ4n) is 6.60. The number of fused-ring (bicyclic) bond motifs is 3. The zero-order valence-electron chi connectivity index (χ0n) is 24.4. The van der Waals surface area contributed by atoms with Crippen molar-refractivity contribution in [1.82, 2.24) is 0 Å². The summed E-state index contributed by atoms with van der Waals surface area (Å²) in [5, 5.41) is 20.5. The molecule has 0 aromatic heterocycles. The Morgan fingerprint density at radius 2 is 0.702 bits per heavy atom. The van der Waals surface area contributed by atoms with E-state index in [2.05, 4.69) is 0 Å². The molecule has 6 aromatic rings. The van der Waals surface area contributed by atoms with E-state index in [1.54, 1.807) is 48.5 Å². The summed E-state index contributed by atoms with van der Waals surface area (Å²) in [5.74, 6) is 0.0927. The Balaban J connectivity index is 1.49. The lowest BCUT2D eigenvalue weighted by atomic mass is 9.67. The smallest absolute Gasteiger partial charge is 0.416 e. The van der Waals surface area contributed by atoms with Crippen molar-refractivity contribution in [3.8, 4) is 44.9 Å². The van der Waals surface area contributed by atoms with Gasteiger partial charge in [-0.15, -0.1) is 0 Å². The Hall–Kier alpha value is -5.50. The van der Waals surface area contributed by atoms with Crippen LogP contribution in [0, 0.1) is 0 Å². The highest BCUT2D eigenvalue weighted by atomic mass is 19.4. The quantitative estimate of drug-likeness (QED) is 0.188. The van der Waals surface area contributed by atoms with Gasteiger partial charge in [0.05, 0.1) is 16.5 Å². The molecule has 1 aliphatic carbocycles. The SMILES string of the molecule is Oc1ccc(C2(c3ccc(O)cc3)c3cc(-c4ccc(C(F)(F)F)cc4)ccc3-c3ccc(-c4ccc(C(F)(F)F)cc4)cc32)cc1. The van der Waals surface area contributed by atoms with Gasteiger partial charge in [-0.2, -0.15) is 26.3 Å². The van der Waals surface area contributed by atoms with E-state index in [4.69, 9.17) is 0 Å². The van der Waals surface area contributed by atoms with Crippen molar-refractivity contribution in [2.45, 2.75) is 17.8 Å². The molecule has 0 saturated carbocycles. The molecule has 0 saturated heterocycles. The second kappa shape index (κ2) is 10.8. The summed E-state index contributed by atoms with van der Waals surface area (Å²) in [5.41, 5.74) is 4.80. The van der Waals surface area contributed by atoms with Crippen molar-refractivity contribution in [1.29, 1.82) is 0 Å². The highest BCUT2D eigenvalue weighted by Crippen LogP contribution is 2.57. The highest BCUT2D eigenvalue weighted by Gasteiger charge is 2.46. The number of hydrogen-bond acceptors (Lipinski definition) is 2. The van der Waals surface area contributed by atoms with Crippen LogP contribution >= 0.6 is 0 Å². The molecule has 1 aliphatic rings. The first-order valence-electron chi connectivity index (χ1n) is 14.6. The zero-order valence-corrected chi connectivity index (χ0v) is 24.4. The van der Waals surface area contributed by atoms with Crippen LogP contribution in [0.2, 0.25) is 0 Å². The average Bonchev–Trinajstić information content (AvgIpc) is 3.34. The van der Waals surface area contributed by atoms with Gasteiger partial charge in [0.1, 0.15) is 11.5 Å². The molecule has 7 rings (SSSR count). The van der Waals surface area contributed by atoms with Crippen LogP contribution in [-0.2, 0) is 17.8 Å². The fraction of sp³-hybridized carbons (Fsp3) is 0.0769. The number of alkyl halides is 6. The largest absolute Gasteiger partial charge is 0.508 e. The van der Waals surface area contributed by atoms with Gasteiger partial charge in [-0.1, -0.05) is 72.8 Å². The molecule has 0 unspecified atom stereocenters. The Kier molecular flexibility index (Phi) is 6.93. The zero-order chi connectivity index (χ0) is 33.1. The van der Waals surface area contributed by atoms with E-state index in [9.17, 15) is 36.6 Å². The summed E-state index contributed by atoms with van der Waals surface area (Å²) >= 11 is 0. The summed E-state index contributed by atoms with van der Waals surface area (Å²) in [6, 6.07) is 34.7. The summed E-state index contributed by atoms with van der Waals surface area (Å²) in [6.45, 7) is 0. The lowest BCUT2D eigenvalue weighted by Gasteiger charge is -2.34. The number of hydrogen-bond donors (Lipinski definition) is 2. The fourth-order valence-corrected chi connectivity index (χ4v) is 6.60. The van der Waals surface area contributed by atoms with Crippen LogP contribution in [0.15, 0.2) is 133 Å². The van der Waals surface area contributed by atoms with Crippen LogP contribution in [0.25, 0.3) is 33.4 Å². The van der Waals surface area contributed by atoms with Crippen LogP contribution in [0.4, 0.5) is 26.3 Å². The van der Waals surface area contributed by atoms with Crippen LogP contribution in [0.5, 0.6) is 11.5 Å². The molecule has 47 heavy (non-hydrogen) atoms. The maximum absolute atomic E-state index is 13.3. The first-order chi connectivity index (χ1) is 22.4. The summed E-state index contributed by atoms with van der Waals surface area (Å²) in [7, 11) is 0. The minimum atomic E-state index is -4.48. The summed E-state index contributed by atoms with van der Waals surface area (Å²) in [4.78, 5) is 0. The number of aromatic hydroxyl groups is 2. The number of rotatable bonds is 4. The molecular formula is C39H24F6O2. The Morgan fingerprint density at radius 1 is 0.383 bits per heavy atom. The van der Waals surface area contributed by atoms with Crippen molar-refractivity contribution in [3.05, 3.63) is 167 Å². The minimum absolute atomic E-state index is 0.0464. The molecule has 0 amide bonds. The standard InChI is InChI=1S/C39H24F6O2/c40-38(41,42)29-7-1-23(2-8-29)25-5-19-33-34-20-6-26(24-3-9-30(10-4-24)39(43,44)45)22-36(34)37(35(33)21-25,27-11-15-31(46)16-12-27)28-13-17-32(47)18-14-28/h1-22,46-47H. The van der Waals surface area contributed by atoms with Gasteiger partial charge in [0.2, 0.25) is 0 Å². The Labute approximate surface area is 265 Å². The van der Waals surface area contributed by atoms with E-state index in [1.165, 1.54) is 24.3 Å². The van der Waals surface area contributed by atoms with E-state index in [0.29, 0.717) is 22.3 Å². The average molecular weight is 639 g/mol. The Morgan fingerprint density at radius 3 is 1.02 bits per heavy atom.